The van der Waals surface area contributed by atoms with Gasteiger partial charge in [-0.15, -0.1) is 0 Å². The van der Waals surface area contributed by atoms with Crippen LogP contribution in [0.1, 0.15) is 11.1 Å². The topological polar surface area (TPSA) is 23.8 Å². The van der Waals surface area contributed by atoms with E-state index in [2.05, 4.69) is 15.9 Å². The molecule has 0 radical (unpaired) electrons. The number of hydrogen-bond acceptors (Lipinski definition) is 1. The van der Waals surface area contributed by atoms with Crippen LogP contribution in [0, 0.1) is 17.1 Å². The van der Waals surface area contributed by atoms with Crippen molar-refractivity contribution in [2.24, 2.45) is 0 Å². The summed E-state index contributed by atoms with van der Waals surface area (Å²) in [5.74, 6) is -0.642. The summed E-state index contributed by atoms with van der Waals surface area (Å²) < 4.78 is 13.1. The minimum absolute atomic E-state index is 0.0133. The van der Waals surface area contributed by atoms with E-state index in [1.165, 1.54) is 6.07 Å². The van der Waals surface area contributed by atoms with Crippen LogP contribution in [-0.4, -0.2) is 0 Å². The maximum absolute atomic E-state index is 13.1. The summed E-state index contributed by atoms with van der Waals surface area (Å²) in [6, 6.07) is 4.83. The average molecular weight is 248 g/mol. The van der Waals surface area contributed by atoms with Crippen LogP contribution in [0.15, 0.2) is 12.1 Å². The zero-order valence-corrected chi connectivity index (χ0v) is 8.28. The number of nitriles is 1. The van der Waals surface area contributed by atoms with Crippen LogP contribution < -0.4 is 0 Å². The third-order valence-corrected chi connectivity index (χ3v) is 2.33. The van der Waals surface area contributed by atoms with Crippen LogP contribution in [-0.2, 0) is 5.33 Å². The minimum Gasteiger partial charge on any atom is -0.204 e. The van der Waals surface area contributed by atoms with Gasteiger partial charge in [0.15, 0.2) is 5.82 Å². The molecular weight excluding hydrogens is 244 g/mol. The molecule has 0 aliphatic heterocycles. The Morgan fingerprint density at radius 2 is 2.25 bits per heavy atom. The van der Waals surface area contributed by atoms with E-state index < -0.39 is 5.82 Å². The van der Waals surface area contributed by atoms with Crippen LogP contribution in [0.2, 0.25) is 5.02 Å². The first-order valence-corrected chi connectivity index (χ1v) is 4.63. The summed E-state index contributed by atoms with van der Waals surface area (Å²) in [7, 11) is 0. The molecule has 0 amide bonds. The van der Waals surface area contributed by atoms with Gasteiger partial charge in [0.1, 0.15) is 6.07 Å². The number of alkyl halides is 1. The van der Waals surface area contributed by atoms with Gasteiger partial charge in [-0.3, -0.25) is 0 Å². The van der Waals surface area contributed by atoms with E-state index >= 15 is 0 Å². The Morgan fingerprint density at radius 3 is 2.75 bits per heavy atom. The molecule has 0 aliphatic carbocycles. The van der Waals surface area contributed by atoms with Crippen LogP contribution >= 0.6 is 27.5 Å². The summed E-state index contributed by atoms with van der Waals surface area (Å²) in [6.45, 7) is 0. The lowest BCUT2D eigenvalue weighted by Crippen LogP contribution is -1.91. The quantitative estimate of drug-likeness (QED) is 0.700. The molecule has 62 valence electrons. The second kappa shape index (κ2) is 3.88. The molecule has 0 spiro atoms. The van der Waals surface area contributed by atoms with E-state index in [-0.39, 0.29) is 10.6 Å². The molecule has 0 atom stereocenters. The molecule has 0 aliphatic rings. The van der Waals surface area contributed by atoms with Crippen molar-refractivity contribution in [3.63, 3.8) is 0 Å². The fraction of sp³-hybridized carbons (Fsp3) is 0.125. The molecule has 4 heteroatoms. The van der Waals surface area contributed by atoms with Crippen molar-refractivity contribution in [1.29, 1.82) is 5.26 Å². The SMILES string of the molecule is N#Cc1c(CBr)ccc(Cl)c1F. The molecule has 0 fully saturated rings. The van der Waals surface area contributed by atoms with Gasteiger partial charge in [-0.1, -0.05) is 33.6 Å². The van der Waals surface area contributed by atoms with Crippen molar-refractivity contribution in [2.75, 3.05) is 0 Å². The minimum atomic E-state index is -0.642. The van der Waals surface area contributed by atoms with Gasteiger partial charge in [-0.05, 0) is 11.6 Å². The molecule has 0 saturated heterocycles. The van der Waals surface area contributed by atoms with Gasteiger partial charge in [0.2, 0.25) is 0 Å². The van der Waals surface area contributed by atoms with Crippen molar-refractivity contribution in [2.45, 2.75) is 5.33 Å². The maximum atomic E-state index is 13.1. The summed E-state index contributed by atoms with van der Waals surface area (Å²) in [5, 5.41) is 9.02. The molecule has 0 unspecified atom stereocenters. The highest BCUT2D eigenvalue weighted by atomic mass is 79.9. The number of rotatable bonds is 1. The largest absolute Gasteiger partial charge is 0.204 e. The summed E-state index contributed by atoms with van der Waals surface area (Å²) in [6.07, 6.45) is 0. The average Bonchev–Trinajstić information content (AvgIpc) is 2.09. The van der Waals surface area contributed by atoms with Gasteiger partial charge >= 0.3 is 0 Å². The highest BCUT2D eigenvalue weighted by Crippen LogP contribution is 2.22. The van der Waals surface area contributed by atoms with Crippen LogP contribution in [0.25, 0.3) is 0 Å². The fourth-order valence-corrected chi connectivity index (χ4v) is 1.45. The normalized spacial score (nSPS) is 9.50. The van der Waals surface area contributed by atoms with Crippen molar-refractivity contribution >= 4 is 27.5 Å². The van der Waals surface area contributed by atoms with Gasteiger partial charge in [-0.2, -0.15) is 5.26 Å². The Kier molecular flexibility index (Phi) is 3.07. The van der Waals surface area contributed by atoms with Crippen LogP contribution in [0.3, 0.4) is 0 Å². The highest BCUT2D eigenvalue weighted by molar-refractivity contribution is 9.08. The van der Waals surface area contributed by atoms with Crippen molar-refractivity contribution < 1.29 is 4.39 Å². The maximum Gasteiger partial charge on any atom is 0.159 e. The van der Waals surface area contributed by atoms with Crippen LogP contribution in [0.5, 0.6) is 0 Å². The van der Waals surface area contributed by atoms with Crippen molar-refractivity contribution in [3.05, 3.63) is 34.1 Å². The van der Waals surface area contributed by atoms with Crippen molar-refractivity contribution in [3.8, 4) is 6.07 Å². The van der Waals surface area contributed by atoms with Gasteiger partial charge in [0.25, 0.3) is 0 Å². The molecule has 0 aromatic heterocycles. The second-order valence-electron chi connectivity index (χ2n) is 2.14. The van der Waals surface area contributed by atoms with Gasteiger partial charge in [0, 0.05) is 5.33 Å². The third-order valence-electron chi connectivity index (χ3n) is 1.44. The Balaban J connectivity index is 3.38. The van der Waals surface area contributed by atoms with E-state index in [4.69, 9.17) is 16.9 Å². The molecule has 1 aromatic rings. The summed E-state index contributed by atoms with van der Waals surface area (Å²) in [5.41, 5.74) is 0.624. The molecule has 1 nitrogen and oxygen atoms in total. The van der Waals surface area contributed by atoms with Crippen molar-refractivity contribution in [1.82, 2.24) is 0 Å². The first-order valence-electron chi connectivity index (χ1n) is 3.13. The smallest absolute Gasteiger partial charge is 0.159 e. The number of nitrogens with zero attached hydrogens (tertiary/aromatic N) is 1. The molecule has 1 aromatic carbocycles. The predicted octanol–water partition coefficient (Wildman–Crippen LogP) is 3.25. The standard InChI is InChI=1S/C8H4BrClFN/c9-3-5-1-2-7(10)8(11)6(5)4-12/h1-2H,3H2. The lowest BCUT2D eigenvalue weighted by Gasteiger charge is -2.01. The predicted molar refractivity (Wildman–Crippen MR) is 48.8 cm³/mol. The van der Waals surface area contributed by atoms with E-state index in [0.29, 0.717) is 10.9 Å². The lowest BCUT2D eigenvalue weighted by atomic mass is 10.1. The third kappa shape index (κ3) is 1.60. The highest BCUT2D eigenvalue weighted by Gasteiger charge is 2.10. The molecule has 0 heterocycles. The summed E-state index contributed by atoms with van der Waals surface area (Å²) >= 11 is 8.63. The van der Waals surface area contributed by atoms with Gasteiger partial charge in [-0.25, -0.2) is 4.39 Å². The monoisotopic (exact) mass is 247 g/mol. The number of halogens is 3. The number of hydrogen-bond donors (Lipinski definition) is 0. The van der Waals surface area contributed by atoms with E-state index in [1.807, 2.05) is 0 Å². The van der Waals surface area contributed by atoms with Gasteiger partial charge < -0.3 is 0 Å². The molecule has 1 rings (SSSR count). The molecule has 0 saturated carbocycles. The van der Waals surface area contributed by atoms with Crippen LogP contribution in [0.4, 0.5) is 4.39 Å². The van der Waals surface area contributed by atoms with E-state index in [0.717, 1.165) is 0 Å². The van der Waals surface area contributed by atoms with Gasteiger partial charge in [0.05, 0.1) is 10.6 Å². The Labute approximate surface area is 82.9 Å². The Morgan fingerprint density at radius 1 is 1.58 bits per heavy atom. The Hall–Kier alpha value is -0.590. The molecule has 0 bridgehead atoms. The van der Waals surface area contributed by atoms with E-state index in [9.17, 15) is 4.39 Å². The Bertz CT molecular complexity index is 346. The zero-order valence-electron chi connectivity index (χ0n) is 5.94. The zero-order chi connectivity index (χ0) is 9.14. The molecule has 0 N–H and O–H groups in total. The van der Waals surface area contributed by atoms with E-state index in [1.54, 1.807) is 12.1 Å². The summed E-state index contributed by atoms with van der Waals surface area (Å²) in [4.78, 5) is 0. The molecular formula is C8H4BrClFN. The lowest BCUT2D eigenvalue weighted by molar-refractivity contribution is 0.623. The first-order chi connectivity index (χ1) is 5.70. The second-order valence-corrected chi connectivity index (χ2v) is 3.11. The number of benzene rings is 1. The molecule has 12 heavy (non-hydrogen) atoms. The fourth-order valence-electron chi connectivity index (χ4n) is 0.823. The first kappa shape index (κ1) is 9.50.